The number of halogens is 3. The molecule has 3 fully saturated rings. The molecule has 0 bridgehead atoms. The number of alkyl halides is 3. The van der Waals surface area contributed by atoms with Gasteiger partial charge in [0, 0.05) is 67.5 Å². The second kappa shape index (κ2) is 19.4. The van der Waals surface area contributed by atoms with Crippen LogP contribution in [0.2, 0.25) is 0 Å². The zero-order valence-electron chi connectivity index (χ0n) is 44.4. The third kappa shape index (κ3) is 9.17. The Bertz CT molecular complexity index is 4450. The molecule has 24 heteroatoms. The van der Waals surface area contributed by atoms with E-state index >= 15 is 0 Å². The fraction of sp³-hybridized carbons (Fsp3) is 0.276. The summed E-state index contributed by atoms with van der Waals surface area (Å²) in [5, 5.41) is 10.6. The van der Waals surface area contributed by atoms with E-state index < -0.39 is 48.1 Å². The molecule has 4 N–H and O–H groups in total. The van der Waals surface area contributed by atoms with Crippen LogP contribution in [0, 0.1) is 24.7 Å². The summed E-state index contributed by atoms with van der Waals surface area (Å²) in [7, 11) is 5.68. The number of aromatic amines is 1. The summed E-state index contributed by atoms with van der Waals surface area (Å²) in [6.45, 7) is 1.74. The van der Waals surface area contributed by atoms with Gasteiger partial charge in [-0.1, -0.05) is 12.1 Å². The number of fused-ring (bicyclic) bond motifs is 5. The van der Waals surface area contributed by atoms with E-state index in [0.29, 0.717) is 62.4 Å². The standard InChI is InChI=1S/C58H50F3N15O6/c1-27-66-57(81-11-10-80-46-21-51-62-8-9-76(51)25-35(46)41-13-29-16-48(64-23-44(29)74(41)3)71-55(78)33-19-37(33)60)52(42-14-30-17-49(65-24-45(30)75(42)4)72-56(79)34-20-38(34)61)58(67-27)82-26-50-68-39-7-5-6-31(53(39)69-50)40-12-28-15-47(63-22-43(28)73(40)2)70-54(77)32-18-36(32)59/h5-9,12-17,21-25,32-34,36-38H,10-11,18-20,26H2,1-4H3,(H,68,69)(H,63,70,77)(H,64,71,78)(H,65,72,79). The van der Waals surface area contributed by atoms with E-state index in [0.717, 1.165) is 49.8 Å². The van der Waals surface area contributed by atoms with Crippen LogP contribution in [0.15, 0.2) is 97.8 Å². The number of hydrogen-bond donors (Lipinski definition) is 4. The van der Waals surface area contributed by atoms with Gasteiger partial charge in [-0.3, -0.25) is 14.4 Å². The van der Waals surface area contributed by atoms with Gasteiger partial charge in [0.25, 0.3) is 0 Å². The Labute approximate surface area is 462 Å². The molecule has 6 unspecified atom stereocenters. The number of aryl methyl sites for hydroxylation is 4. The smallest absolute Gasteiger partial charge is 0.231 e. The molecule has 3 saturated carbocycles. The monoisotopic (exact) mass is 1110 g/mol. The topological polar surface area (TPSA) is 240 Å². The van der Waals surface area contributed by atoms with Gasteiger partial charge < -0.3 is 53.2 Å². The van der Waals surface area contributed by atoms with Crippen molar-refractivity contribution in [3.05, 3.63) is 109 Å². The molecule has 3 amide bonds. The highest BCUT2D eigenvalue weighted by atomic mass is 19.1. The summed E-state index contributed by atoms with van der Waals surface area (Å²) in [5.74, 6) is -0.523. The van der Waals surface area contributed by atoms with Gasteiger partial charge >= 0.3 is 0 Å². The number of benzene rings is 1. The number of imidazole rings is 2. The lowest BCUT2D eigenvalue weighted by molar-refractivity contribution is -0.118. The molecule has 3 aliphatic rings. The zero-order valence-corrected chi connectivity index (χ0v) is 44.4. The summed E-state index contributed by atoms with van der Waals surface area (Å²) < 4.78 is 68.6. The van der Waals surface area contributed by atoms with Crippen LogP contribution in [0.3, 0.4) is 0 Å². The first kappa shape index (κ1) is 50.4. The van der Waals surface area contributed by atoms with Crippen LogP contribution in [-0.2, 0) is 42.1 Å². The minimum Gasteiger partial charge on any atom is -0.489 e. The second-order valence-corrected chi connectivity index (χ2v) is 21.1. The van der Waals surface area contributed by atoms with Crippen LogP contribution in [0.4, 0.5) is 30.6 Å². The number of anilines is 3. The number of aromatic nitrogens is 12. The van der Waals surface area contributed by atoms with Crippen molar-refractivity contribution in [3.63, 3.8) is 0 Å². The Morgan fingerprint density at radius 3 is 1.67 bits per heavy atom. The van der Waals surface area contributed by atoms with Crippen molar-refractivity contribution in [1.29, 1.82) is 0 Å². The highest BCUT2D eigenvalue weighted by Crippen LogP contribution is 2.42. The number of carbonyl (C=O) groups excluding carboxylic acids is 3. The Morgan fingerprint density at radius 1 is 0.622 bits per heavy atom. The van der Waals surface area contributed by atoms with Gasteiger partial charge in [0.15, 0.2) is 0 Å². The average Bonchev–Trinajstić information content (AvgIpc) is 3.94. The third-order valence-electron chi connectivity index (χ3n) is 15.4. The molecular weight excluding hydrogens is 1060 g/mol. The fourth-order valence-corrected chi connectivity index (χ4v) is 10.6. The first-order chi connectivity index (χ1) is 39.7. The van der Waals surface area contributed by atoms with Crippen LogP contribution in [0.5, 0.6) is 17.5 Å². The normalized spacial score (nSPS) is 19.1. The van der Waals surface area contributed by atoms with Crippen LogP contribution < -0.4 is 30.2 Å². The number of H-pyrrole nitrogens is 1. The predicted molar refractivity (Wildman–Crippen MR) is 297 cm³/mol. The van der Waals surface area contributed by atoms with Crippen molar-refractivity contribution in [2.75, 3.05) is 29.2 Å². The lowest BCUT2D eigenvalue weighted by Crippen LogP contribution is -2.15. The van der Waals surface area contributed by atoms with Gasteiger partial charge in [0.1, 0.15) is 84.4 Å². The van der Waals surface area contributed by atoms with E-state index in [1.54, 1.807) is 49.9 Å². The molecule has 414 valence electrons. The number of amides is 3. The molecular formula is C58H50F3N15O6. The summed E-state index contributed by atoms with van der Waals surface area (Å²) in [6.07, 6.45) is 7.61. The van der Waals surface area contributed by atoms with Crippen LogP contribution in [0.25, 0.3) is 83.2 Å². The molecule has 21 nitrogen and oxygen atoms in total. The molecule has 1 aromatic carbocycles. The van der Waals surface area contributed by atoms with Crippen LogP contribution in [0.1, 0.15) is 30.9 Å². The summed E-state index contributed by atoms with van der Waals surface area (Å²) in [6, 6.07) is 18.8. The SMILES string of the molecule is Cc1nc(OCCOc2cc3nccn3cc2-c2cc3cc(NC(=O)C4CC4F)ncc3n2C)c(-c2cc3cc(NC(=O)C4CC4F)ncc3n2C)c(OCc2nc3c(-c4cc5cc(NC(=O)C6CC6F)ncc5n4C)cccc3[nH]2)n1. The molecule has 82 heavy (non-hydrogen) atoms. The maximum absolute atomic E-state index is 13.8. The van der Waals surface area contributed by atoms with Crippen molar-refractivity contribution in [3.8, 4) is 51.3 Å². The number of carbonyl (C=O) groups is 3. The predicted octanol–water partition coefficient (Wildman–Crippen LogP) is 8.90. The van der Waals surface area contributed by atoms with Gasteiger partial charge in [0.2, 0.25) is 29.5 Å². The second-order valence-electron chi connectivity index (χ2n) is 21.1. The van der Waals surface area contributed by atoms with Gasteiger partial charge in [0.05, 0.1) is 86.6 Å². The number of hydrogen-bond acceptors (Lipinski definition) is 13. The van der Waals surface area contributed by atoms with Crippen molar-refractivity contribution in [2.45, 2.75) is 51.3 Å². The molecule has 6 atom stereocenters. The molecule has 10 heterocycles. The molecule has 0 saturated heterocycles. The number of nitrogens with zero attached hydrogens (tertiary/aromatic N) is 11. The fourth-order valence-electron chi connectivity index (χ4n) is 10.6. The van der Waals surface area contributed by atoms with E-state index in [1.165, 1.54) is 0 Å². The minimum absolute atomic E-state index is 0.00966. The lowest BCUT2D eigenvalue weighted by atomic mass is 10.1. The minimum atomic E-state index is -1.17. The Hall–Kier alpha value is -9.87. The Balaban J connectivity index is 0.760. The van der Waals surface area contributed by atoms with Crippen molar-refractivity contribution in [1.82, 2.24) is 58.0 Å². The molecule has 0 spiro atoms. The van der Waals surface area contributed by atoms with Crippen LogP contribution in [-0.4, -0.2) is 107 Å². The van der Waals surface area contributed by atoms with E-state index in [9.17, 15) is 27.6 Å². The molecule has 3 aliphatic carbocycles. The van der Waals surface area contributed by atoms with E-state index in [4.69, 9.17) is 29.2 Å². The molecule has 10 aromatic heterocycles. The van der Waals surface area contributed by atoms with Crippen molar-refractivity contribution in [2.24, 2.45) is 38.9 Å². The average molecular weight is 1110 g/mol. The zero-order chi connectivity index (χ0) is 56.2. The molecule has 0 radical (unpaired) electrons. The maximum Gasteiger partial charge on any atom is 0.231 e. The summed E-state index contributed by atoms with van der Waals surface area (Å²) in [4.78, 5) is 73.8. The summed E-state index contributed by atoms with van der Waals surface area (Å²) >= 11 is 0. The van der Waals surface area contributed by atoms with E-state index in [-0.39, 0.29) is 62.6 Å². The number of ether oxygens (including phenoxy) is 3. The molecule has 11 aromatic rings. The summed E-state index contributed by atoms with van der Waals surface area (Å²) in [5.41, 5.74) is 8.60. The van der Waals surface area contributed by atoms with Crippen molar-refractivity contribution >= 4 is 84.6 Å². The van der Waals surface area contributed by atoms with Crippen LogP contribution >= 0.6 is 0 Å². The number of pyridine rings is 4. The Morgan fingerprint density at radius 2 is 1.12 bits per heavy atom. The largest absolute Gasteiger partial charge is 0.489 e. The first-order valence-corrected chi connectivity index (χ1v) is 26.6. The Kier molecular flexibility index (Phi) is 11.9. The maximum atomic E-state index is 13.8. The van der Waals surface area contributed by atoms with Gasteiger partial charge in [-0.25, -0.2) is 38.1 Å². The first-order valence-electron chi connectivity index (χ1n) is 26.6. The highest BCUT2D eigenvalue weighted by molar-refractivity contribution is 6.00. The highest BCUT2D eigenvalue weighted by Gasteiger charge is 2.45. The van der Waals surface area contributed by atoms with E-state index in [1.807, 2.05) is 94.1 Å². The van der Waals surface area contributed by atoms with E-state index in [2.05, 4.69) is 40.9 Å². The van der Waals surface area contributed by atoms with Crippen molar-refractivity contribution < 1.29 is 41.8 Å². The third-order valence-corrected chi connectivity index (χ3v) is 15.4. The quantitative estimate of drug-likeness (QED) is 0.0624. The van der Waals surface area contributed by atoms with Gasteiger partial charge in [-0.2, -0.15) is 9.97 Å². The number of nitrogens with one attached hydrogen (secondary N) is 4. The lowest BCUT2D eigenvalue weighted by Gasteiger charge is -2.17. The number of para-hydroxylation sites is 1. The molecule has 0 aliphatic heterocycles. The van der Waals surface area contributed by atoms with Gasteiger partial charge in [-0.05, 0) is 68.7 Å². The molecule has 14 rings (SSSR count). The van der Waals surface area contributed by atoms with Gasteiger partial charge in [-0.15, -0.1) is 0 Å². The number of rotatable bonds is 17.